The van der Waals surface area contributed by atoms with Crippen molar-refractivity contribution in [3.05, 3.63) is 78.2 Å². The zero-order valence-electron chi connectivity index (χ0n) is 19.1. The van der Waals surface area contributed by atoms with Crippen molar-refractivity contribution in [3.63, 3.8) is 0 Å². The van der Waals surface area contributed by atoms with Crippen molar-refractivity contribution >= 4 is 5.69 Å². The molecule has 4 heterocycles. The number of benzene rings is 2. The summed E-state index contributed by atoms with van der Waals surface area (Å²) in [5.74, 6) is 0.961. The lowest BCUT2D eigenvalue weighted by molar-refractivity contribution is 0.817. The van der Waals surface area contributed by atoms with Gasteiger partial charge in [-0.05, 0) is 74.5 Å². The Morgan fingerprint density at radius 1 is 0.970 bits per heavy atom. The largest absolute Gasteiger partial charge is 0.372 e. The van der Waals surface area contributed by atoms with Gasteiger partial charge in [0.15, 0.2) is 5.82 Å². The van der Waals surface area contributed by atoms with Gasteiger partial charge in [0.1, 0.15) is 0 Å². The molecule has 0 unspecified atom stereocenters. The molecule has 2 aromatic carbocycles. The third kappa shape index (κ3) is 3.92. The number of nitrogens with one attached hydrogen (secondary N) is 1. The second-order valence-electron chi connectivity index (χ2n) is 8.56. The lowest BCUT2D eigenvalue weighted by Crippen LogP contribution is -2.18. The zero-order valence-corrected chi connectivity index (χ0v) is 19.1. The highest BCUT2D eigenvalue weighted by molar-refractivity contribution is 5.72. The second-order valence-corrected chi connectivity index (χ2v) is 8.56. The molecule has 6 rings (SSSR count). The quantitative estimate of drug-likeness (QED) is 0.437. The molecule has 0 atom stereocenters. The topological polar surface area (TPSA) is 61.8 Å². The van der Waals surface area contributed by atoms with Crippen LogP contribution < -0.4 is 10.2 Å². The molecule has 1 fully saturated rings. The van der Waals surface area contributed by atoms with Gasteiger partial charge in [-0.2, -0.15) is 5.26 Å². The molecule has 2 aliphatic rings. The summed E-state index contributed by atoms with van der Waals surface area (Å²) in [6, 6.07) is 19.0. The molecule has 0 spiro atoms. The van der Waals surface area contributed by atoms with Gasteiger partial charge in [-0.1, -0.05) is 12.1 Å². The standard InChI is InChI=1S/C25H21N5.C2H7N/c26-15-18-3-5-19(6-4-18)20-14-24-25-27-9-12-30(25)23-8-7-22(28-10-1-2-11-28)13-21(23)17-29(24)16-20;1-3-2/h3-9,12-14,16H,1-2,10-11,17H2;3H,1-2H3. The third-order valence-electron chi connectivity index (χ3n) is 6.25. The van der Waals surface area contributed by atoms with Crippen LogP contribution in [0.1, 0.15) is 24.0 Å². The fourth-order valence-electron chi connectivity index (χ4n) is 4.70. The maximum atomic E-state index is 9.07. The first kappa shape index (κ1) is 21.0. The number of hydrogen-bond donors (Lipinski definition) is 1. The predicted molar refractivity (Wildman–Crippen MR) is 133 cm³/mol. The van der Waals surface area contributed by atoms with Crippen molar-refractivity contribution in [2.75, 3.05) is 32.1 Å². The maximum Gasteiger partial charge on any atom is 0.161 e. The van der Waals surface area contributed by atoms with E-state index in [4.69, 9.17) is 5.26 Å². The Bertz CT molecular complexity index is 1300. The number of rotatable bonds is 2. The van der Waals surface area contributed by atoms with Gasteiger partial charge in [-0.3, -0.25) is 4.57 Å². The van der Waals surface area contributed by atoms with Crippen molar-refractivity contribution in [2.24, 2.45) is 0 Å². The fourth-order valence-corrected chi connectivity index (χ4v) is 4.70. The van der Waals surface area contributed by atoms with E-state index >= 15 is 0 Å². The molecular weight excluding hydrogens is 408 g/mol. The molecule has 0 amide bonds. The Balaban J connectivity index is 0.000000724. The molecule has 4 aromatic rings. The highest BCUT2D eigenvalue weighted by Crippen LogP contribution is 2.35. The van der Waals surface area contributed by atoms with Crippen molar-refractivity contribution in [1.29, 1.82) is 5.26 Å². The average Bonchev–Trinajstić information content (AvgIpc) is 3.60. The molecule has 166 valence electrons. The van der Waals surface area contributed by atoms with Crippen LogP contribution in [0.5, 0.6) is 0 Å². The van der Waals surface area contributed by atoms with Crippen LogP contribution in [0.3, 0.4) is 0 Å². The third-order valence-corrected chi connectivity index (χ3v) is 6.25. The summed E-state index contributed by atoms with van der Waals surface area (Å²) in [5.41, 5.74) is 7.86. The Morgan fingerprint density at radius 2 is 1.73 bits per heavy atom. The summed E-state index contributed by atoms with van der Waals surface area (Å²) in [7, 11) is 3.75. The molecule has 1 N–H and O–H groups in total. The molecule has 2 aromatic heterocycles. The molecule has 6 nitrogen and oxygen atoms in total. The van der Waals surface area contributed by atoms with Crippen LogP contribution >= 0.6 is 0 Å². The highest BCUT2D eigenvalue weighted by atomic mass is 15.2. The van der Waals surface area contributed by atoms with Crippen molar-refractivity contribution in [2.45, 2.75) is 19.4 Å². The summed E-state index contributed by atoms with van der Waals surface area (Å²) in [5, 5.41) is 11.8. The van der Waals surface area contributed by atoms with Crippen molar-refractivity contribution in [1.82, 2.24) is 19.4 Å². The van der Waals surface area contributed by atoms with Crippen LogP contribution in [0.15, 0.2) is 67.1 Å². The first-order valence-corrected chi connectivity index (χ1v) is 11.4. The minimum absolute atomic E-state index is 0.679. The number of nitriles is 1. The minimum atomic E-state index is 0.679. The molecule has 33 heavy (non-hydrogen) atoms. The van der Waals surface area contributed by atoms with Crippen LogP contribution in [-0.4, -0.2) is 41.3 Å². The number of imidazole rings is 1. The van der Waals surface area contributed by atoms with Crippen LogP contribution in [-0.2, 0) is 6.54 Å². The van der Waals surface area contributed by atoms with Gasteiger partial charge in [-0.15, -0.1) is 0 Å². The van der Waals surface area contributed by atoms with Crippen molar-refractivity contribution in [3.8, 4) is 34.4 Å². The average molecular weight is 437 g/mol. The Labute approximate surface area is 194 Å². The van der Waals surface area contributed by atoms with Crippen LogP contribution in [0.4, 0.5) is 5.69 Å². The SMILES string of the molecule is CNC.N#Cc1ccc(-c2cc3n(c2)Cc2cc(N4CCCC4)ccc2-n2ccnc2-3)cc1. The molecule has 0 radical (unpaired) electrons. The molecule has 1 saturated heterocycles. The van der Waals surface area contributed by atoms with E-state index < -0.39 is 0 Å². The molecule has 2 aliphatic heterocycles. The number of nitrogens with zero attached hydrogens (tertiary/aromatic N) is 5. The van der Waals surface area contributed by atoms with Crippen LogP contribution in [0.25, 0.3) is 28.3 Å². The summed E-state index contributed by atoms with van der Waals surface area (Å²) >= 11 is 0. The molecule has 0 saturated carbocycles. The van der Waals surface area contributed by atoms with Crippen LogP contribution in [0, 0.1) is 11.3 Å². The van der Waals surface area contributed by atoms with E-state index in [9.17, 15) is 0 Å². The minimum Gasteiger partial charge on any atom is -0.372 e. The smallest absolute Gasteiger partial charge is 0.161 e. The first-order chi connectivity index (χ1) is 16.2. The summed E-state index contributed by atoms with van der Waals surface area (Å²) in [6.45, 7) is 3.10. The van der Waals surface area contributed by atoms with Crippen molar-refractivity contribution < 1.29 is 0 Å². The fraction of sp³-hybridized carbons (Fsp3) is 0.259. The van der Waals surface area contributed by atoms with Gasteiger partial charge in [0.25, 0.3) is 0 Å². The number of hydrogen-bond acceptors (Lipinski definition) is 4. The summed E-state index contributed by atoms with van der Waals surface area (Å²) in [4.78, 5) is 7.16. The monoisotopic (exact) mass is 436 g/mol. The Morgan fingerprint density at radius 3 is 2.45 bits per heavy atom. The van der Waals surface area contributed by atoms with Gasteiger partial charge in [0, 0.05) is 49.5 Å². The first-order valence-electron chi connectivity index (χ1n) is 11.4. The van der Waals surface area contributed by atoms with E-state index in [1.807, 2.05) is 50.8 Å². The predicted octanol–water partition coefficient (Wildman–Crippen LogP) is 4.68. The summed E-state index contributed by atoms with van der Waals surface area (Å²) in [6.07, 6.45) is 8.68. The van der Waals surface area contributed by atoms with E-state index in [1.165, 1.54) is 29.8 Å². The van der Waals surface area contributed by atoms with Gasteiger partial charge in [-0.25, -0.2) is 4.98 Å². The molecule has 0 aliphatic carbocycles. The lowest BCUT2D eigenvalue weighted by atomic mass is 10.1. The Kier molecular flexibility index (Phi) is 5.72. The Hall–Kier alpha value is -3.82. The highest BCUT2D eigenvalue weighted by Gasteiger charge is 2.22. The number of anilines is 1. The van der Waals surface area contributed by atoms with E-state index in [1.54, 1.807) is 0 Å². The number of aromatic nitrogens is 3. The second kappa shape index (κ2) is 8.97. The zero-order chi connectivity index (χ0) is 22.8. The summed E-state index contributed by atoms with van der Waals surface area (Å²) < 4.78 is 4.50. The van der Waals surface area contributed by atoms with Gasteiger partial charge in [0.2, 0.25) is 0 Å². The van der Waals surface area contributed by atoms with Gasteiger partial charge in [0.05, 0.1) is 23.0 Å². The van der Waals surface area contributed by atoms with Gasteiger partial charge >= 0.3 is 0 Å². The van der Waals surface area contributed by atoms with E-state index in [0.29, 0.717) is 5.56 Å². The molecular formula is C27H28N6. The van der Waals surface area contributed by atoms with E-state index in [2.05, 4.69) is 60.9 Å². The van der Waals surface area contributed by atoms with Gasteiger partial charge < -0.3 is 14.8 Å². The van der Waals surface area contributed by atoms with E-state index in [-0.39, 0.29) is 0 Å². The maximum absolute atomic E-state index is 9.07. The number of fused-ring (bicyclic) bond motifs is 5. The molecule has 6 heteroatoms. The van der Waals surface area contributed by atoms with Crippen LogP contribution in [0.2, 0.25) is 0 Å². The lowest BCUT2D eigenvalue weighted by Gasteiger charge is -2.20. The molecule has 0 bridgehead atoms. The van der Waals surface area contributed by atoms with E-state index in [0.717, 1.165) is 42.3 Å². The normalized spacial score (nSPS) is 13.8.